The summed E-state index contributed by atoms with van der Waals surface area (Å²) >= 11 is 0. The number of rotatable bonds is 6. The minimum atomic E-state index is -0.317. The van der Waals surface area contributed by atoms with E-state index >= 15 is 0 Å². The third-order valence-corrected chi connectivity index (χ3v) is 3.45. The number of carbonyl (C=O) groups is 2. The van der Waals surface area contributed by atoms with Crippen molar-refractivity contribution in [3.63, 3.8) is 0 Å². The summed E-state index contributed by atoms with van der Waals surface area (Å²) in [5.74, 6) is -0.0488. The zero-order chi connectivity index (χ0) is 18.4. The van der Waals surface area contributed by atoms with E-state index in [-0.39, 0.29) is 22.8 Å². The maximum Gasteiger partial charge on any atom is 0.311 e. The van der Waals surface area contributed by atoms with E-state index in [1.165, 1.54) is 0 Å². The molecule has 0 aromatic heterocycles. The van der Waals surface area contributed by atoms with Crippen molar-refractivity contribution in [3.05, 3.63) is 24.3 Å². The Morgan fingerprint density at radius 1 is 0.750 bits per heavy atom. The molecule has 1 rings (SSSR count). The number of hydrogen-bond donors (Lipinski definition) is 0. The van der Waals surface area contributed by atoms with Gasteiger partial charge in [0.15, 0.2) is 11.5 Å². The standard InChI is InChI=1S/C20H30O4/c1-19(2,3)13-11-17(21)23-15-9-7-8-10-16(15)24-18(22)12-14-20(4,5)6/h7-10H,11-14H2,1-6H3. The molecule has 0 atom stereocenters. The van der Waals surface area contributed by atoms with Crippen LogP contribution in [-0.4, -0.2) is 11.9 Å². The van der Waals surface area contributed by atoms with Crippen LogP contribution in [0.1, 0.15) is 67.2 Å². The van der Waals surface area contributed by atoms with Crippen LogP contribution in [0.3, 0.4) is 0 Å². The van der Waals surface area contributed by atoms with Crippen molar-refractivity contribution in [2.75, 3.05) is 0 Å². The Balaban J connectivity index is 2.64. The maximum atomic E-state index is 12.0. The molecule has 0 N–H and O–H groups in total. The van der Waals surface area contributed by atoms with Gasteiger partial charge in [0.2, 0.25) is 0 Å². The van der Waals surface area contributed by atoms with Crippen LogP contribution < -0.4 is 9.47 Å². The van der Waals surface area contributed by atoms with Gasteiger partial charge in [0.05, 0.1) is 0 Å². The number of ether oxygens (including phenoxy) is 2. The highest BCUT2D eigenvalue weighted by Crippen LogP contribution is 2.29. The molecule has 4 nitrogen and oxygen atoms in total. The highest BCUT2D eigenvalue weighted by Gasteiger charge is 2.18. The van der Waals surface area contributed by atoms with Crippen LogP contribution in [0, 0.1) is 10.8 Å². The number of para-hydroxylation sites is 2. The number of hydrogen-bond acceptors (Lipinski definition) is 4. The van der Waals surface area contributed by atoms with Gasteiger partial charge in [0, 0.05) is 12.8 Å². The van der Waals surface area contributed by atoms with Crippen molar-refractivity contribution in [2.24, 2.45) is 10.8 Å². The van der Waals surface area contributed by atoms with Crippen molar-refractivity contribution < 1.29 is 19.1 Å². The van der Waals surface area contributed by atoms with Crippen LogP contribution in [0.15, 0.2) is 24.3 Å². The van der Waals surface area contributed by atoms with Crippen molar-refractivity contribution in [2.45, 2.75) is 67.2 Å². The highest BCUT2D eigenvalue weighted by molar-refractivity contribution is 5.76. The van der Waals surface area contributed by atoms with Crippen LogP contribution >= 0.6 is 0 Å². The minimum Gasteiger partial charge on any atom is -0.423 e. The van der Waals surface area contributed by atoms with Gasteiger partial charge in [0.25, 0.3) is 0 Å². The van der Waals surface area contributed by atoms with E-state index in [0.29, 0.717) is 24.3 Å². The molecule has 1 aromatic carbocycles. The van der Waals surface area contributed by atoms with Gasteiger partial charge in [0.1, 0.15) is 0 Å². The normalized spacial score (nSPS) is 11.9. The third kappa shape index (κ3) is 8.70. The van der Waals surface area contributed by atoms with Gasteiger partial charge in [-0.05, 0) is 35.8 Å². The van der Waals surface area contributed by atoms with Gasteiger partial charge in [-0.1, -0.05) is 53.7 Å². The van der Waals surface area contributed by atoms with E-state index in [0.717, 1.165) is 12.8 Å². The first kappa shape index (κ1) is 20.2. The predicted octanol–water partition coefficient (Wildman–Crippen LogP) is 5.15. The van der Waals surface area contributed by atoms with E-state index in [1.54, 1.807) is 24.3 Å². The molecule has 0 heterocycles. The summed E-state index contributed by atoms with van der Waals surface area (Å²) < 4.78 is 10.7. The summed E-state index contributed by atoms with van der Waals surface area (Å²) in [5, 5.41) is 0. The van der Waals surface area contributed by atoms with Gasteiger partial charge in [-0.2, -0.15) is 0 Å². The average molecular weight is 334 g/mol. The van der Waals surface area contributed by atoms with E-state index in [2.05, 4.69) is 41.5 Å². The first-order valence-corrected chi connectivity index (χ1v) is 8.47. The second-order valence-corrected chi connectivity index (χ2v) is 8.52. The molecular formula is C20H30O4. The minimum absolute atomic E-state index is 0.0674. The maximum absolute atomic E-state index is 12.0. The molecule has 1 aromatic rings. The van der Waals surface area contributed by atoms with Gasteiger partial charge in [-0.3, -0.25) is 9.59 Å². The summed E-state index contributed by atoms with van der Waals surface area (Å²) in [5.41, 5.74) is 0.135. The van der Waals surface area contributed by atoms with Crippen molar-refractivity contribution in [1.29, 1.82) is 0 Å². The fraction of sp³-hybridized carbons (Fsp3) is 0.600. The Bertz CT molecular complexity index is 511. The lowest BCUT2D eigenvalue weighted by Gasteiger charge is -2.18. The number of esters is 2. The van der Waals surface area contributed by atoms with Crippen LogP contribution in [0.2, 0.25) is 0 Å². The molecule has 4 heteroatoms. The molecular weight excluding hydrogens is 304 g/mol. The van der Waals surface area contributed by atoms with Crippen molar-refractivity contribution >= 4 is 11.9 Å². The lowest BCUT2D eigenvalue weighted by Crippen LogP contribution is -2.16. The second-order valence-electron chi connectivity index (χ2n) is 8.52. The van der Waals surface area contributed by atoms with Gasteiger partial charge >= 0.3 is 11.9 Å². The molecule has 0 unspecified atom stereocenters. The summed E-state index contributed by atoms with van der Waals surface area (Å²) in [6, 6.07) is 6.78. The number of benzene rings is 1. The third-order valence-electron chi connectivity index (χ3n) is 3.45. The summed E-state index contributed by atoms with van der Waals surface area (Å²) in [7, 11) is 0. The van der Waals surface area contributed by atoms with E-state index in [4.69, 9.17) is 9.47 Å². The fourth-order valence-corrected chi connectivity index (χ4v) is 1.92. The molecule has 24 heavy (non-hydrogen) atoms. The lowest BCUT2D eigenvalue weighted by atomic mass is 9.91. The molecule has 134 valence electrons. The first-order valence-electron chi connectivity index (χ1n) is 8.47. The Labute approximate surface area is 145 Å². The molecule has 0 saturated heterocycles. The summed E-state index contributed by atoms with van der Waals surface area (Å²) in [6.07, 6.45) is 2.13. The van der Waals surface area contributed by atoms with Crippen LogP contribution in [-0.2, 0) is 9.59 Å². The molecule has 0 aliphatic rings. The van der Waals surface area contributed by atoms with Crippen LogP contribution in [0.25, 0.3) is 0 Å². The van der Waals surface area contributed by atoms with Gasteiger partial charge in [-0.15, -0.1) is 0 Å². The Morgan fingerprint density at radius 3 is 1.38 bits per heavy atom. The van der Waals surface area contributed by atoms with E-state index in [9.17, 15) is 9.59 Å². The Morgan fingerprint density at radius 2 is 1.08 bits per heavy atom. The van der Waals surface area contributed by atoms with E-state index < -0.39 is 0 Å². The van der Waals surface area contributed by atoms with Gasteiger partial charge in [-0.25, -0.2) is 0 Å². The topological polar surface area (TPSA) is 52.6 Å². The largest absolute Gasteiger partial charge is 0.423 e. The highest BCUT2D eigenvalue weighted by atomic mass is 16.6. The molecule has 0 spiro atoms. The monoisotopic (exact) mass is 334 g/mol. The molecule has 0 fully saturated rings. The first-order chi connectivity index (χ1) is 11.0. The SMILES string of the molecule is CC(C)(C)CCC(=O)Oc1ccccc1OC(=O)CCC(C)(C)C. The van der Waals surface area contributed by atoms with Crippen molar-refractivity contribution in [3.8, 4) is 11.5 Å². The summed E-state index contributed by atoms with van der Waals surface area (Å²) in [6.45, 7) is 12.4. The predicted molar refractivity (Wildman–Crippen MR) is 95.1 cm³/mol. The zero-order valence-electron chi connectivity index (χ0n) is 15.8. The smallest absolute Gasteiger partial charge is 0.311 e. The lowest BCUT2D eigenvalue weighted by molar-refractivity contribution is -0.137. The van der Waals surface area contributed by atoms with Crippen molar-refractivity contribution in [1.82, 2.24) is 0 Å². The quantitative estimate of drug-likeness (QED) is 0.533. The van der Waals surface area contributed by atoms with Crippen LogP contribution in [0.5, 0.6) is 11.5 Å². The molecule has 0 radical (unpaired) electrons. The molecule has 0 bridgehead atoms. The molecule has 0 aliphatic heterocycles. The Hall–Kier alpha value is -1.84. The van der Waals surface area contributed by atoms with Crippen LogP contribution in [0.4, 0.5) is 0 Å². The summed E-state index contributed by atoms with van der Waals surface area (Å²) in [4.78, 5) is 24.0. The van der Waals surface area contributed by atoms with E-state index in [1.807, 2.05) is 0 Å². The number of carbonyl (C=O) groups excluding carboxylic acids is 2. The fourth-order valence-electron chi connectivity index (χ4n) is 1.92. The molecule has 0 saturated carbocycles. The van der Waals surface area contributed by atoms with Gasteiger partial charge < -0.3 is 9.47 Å². The average Bonchev–Trinajstić information content (AvgIpc) is 2.44. The molecule has 0 aliphatic carbocycles. The molecule has 0 amide bonds. The Kier molecular flexibility index (Phi) is 7.00. The second kappa shape index (κ2) is 8.32. The zero-order valence-corrected chi connectivity index (χ0v) is 15.8.